The van der Waals surface area contributed by atoms with E-state index in [0.717, 1.165) is 41.6 Å². The highest BCUT2D eigenvalue weighted by Gasteiger charge is 2.32. The van der Waals surface area contributed by atoms with Crippen molar-refractivity contribution in [2.45, 2.75) is 125 Å². The summed E-state index contributed by atoms with van der Waals surface area (Å²) >= 11 is 0. The summed E-state index contributed by atoms with van der Waals surface area (Å²) < 4.78 is 0. The largest absolute Gasteiger partial charge is 0.481 e. The maximum absolute atomic E-state index is 11.5. The van der Waals surface area contributed by atoms with E-state index >= 15 is 0 Å². The average Bonchev–Trinajstić information content (AvgIpc) is 2.78. The van der Waals surface area contributed by atoms with Crippen molar-refractivity contribution in [1.29, 1.82) is 0 Å². The molecule has 0 radical (unpaired) electrons. The van der Waals surface area contributed by atoms with Gasteiger partial charge in [0.1, 0.15) is 0 Å². The van der Waals surface area contributed by atoms with Crippen molar-refractivity contribution in [2.24, 2.45) is 21.7 Å². The number of allylic oxidation sites excluding steroid dienone is 4. The molecule has 0 saturated carbocycles. The second kappa shape index (κ2) is 12.6. The number of carboxylic acid groups (broad SMARTS) is 2. The SMILES string of the molecule is CC1(C)C=C(CCCC2=CC(C)(C)C=C(CCCC(C)(C)C(=O)O)C2O)C(O)C(CCCC(C)(C)C(=O)O)=C1. The number of hydrogen-bond acceptors (Lipinski definition) is 4. The van der Waals surface area contributed by atoms with Crippen molar-refractivity contribution in [2.75, 3.05) is 0 Å². The zero-order valence-corrected chi connectivity index (χ0v) is 25.4. The van der Waals surface area contributed by atoms with E-state index in [2.05, 4.69) is 52.0 Å². The molecule has 2 unspecified atom stereocenters. The van der Waals surface area contributed by atoms with Crippen LogP contribution in [-0.2, 0) is 9.59 Å². The minimum absolute atomic E-state index is 0.183. The van der Waals surface area contributed by atoms with Crippen LogP contribution in [-0.4, -0.2) is 44.6 Å². The fourth-order valence-electron chi connectivity index (χ4n) is 5.80. The van der Waals surface area contributed by atoms with E-state index in [9.17, 15) is 30.0 Å². The van der Waals surface area contributed by atoms with Crippen LogP contribution >= 0.6 is 0 Å². The zero-order chi connectivity index (χ0) is 29.8. The Balaban J connectivity index is 1.99. The summed E-state index contributed by atoms with van der Waals surface area (Å²) in [7, 11) is 0. The van der Waals surface area contributed by atoms with Crippen LogP contribution in [0.25, 0.3) is 0 Å². The fourth-order valence-corrected chi connectivity index (χ4v) is 5.80. The molecule has 0 bridgehead atoms. The lowest BCUT2D eigenvalue weighted by Gasteiger charge is -2.32. The number of carbonyl (C=O) groups is 2. The molecule has 0 saturated heterocycles. The molecule has 0 heterocycles. The number of aliphatic hydroxyl groups is 2. The van der Waals surface area contributed by atoms with Gasteiger partial charge in [-0.05, 0) is 108 Å². The number of aliphatic hydroxyl groups excluding tert-OH is 2. The molecule has 39 heavy (non-hydrogen) atoms. The van der Waals surface area contributed by atoms with Gasteiger partial charge in [0.05, 0.1) is 23.0 Å². The molecule has 2 rings (SSSR count). The lowest BCUT2D eigenvalue weighted by Crippen LogP contribution is -2.26. The molecule has 0 aromatic carbocycles. The lowest BCUT2D eigenvalue weighted by atomic mass is 9.75. The maximum atomic E-state index is 11.5. The van der Waals surface area contributed by atoms with Gasteiger partial charge in [0, 0.05) is 10.8 Å². The maximum Gasteiger partial charge on any atom is 0.309 e. The lowest BCUT2D eigenvalue weighted by molar-refractivity contribution is -0.148. The van der Waals surface area contributed by atoms with Crippen molar-refractivity contribution < 1.29 is 30.0 Å². The van der Waals surface area contributed by atoms with E-state index in [-0.39, 0.29) is 10.8 Å². The first kappa shape index (κ1) is 33.0. The average molecular weight is 545 g/mol. The molecule has 0 amide bonds. The van der Waals surface area contributed by atoms with Crippen LogP contribution in [0.2, 0.25) is 0 Å². The van der Waals surface area contributed by atoms with Crippen molar-refractivity contribution in [3.8, 4) is 0 Å². The first-order chi connectivity index (χ1) is 17.8. The normalized spacial score (nSPS) is 22.9. The molecule has 6 nitrogen and oxygen atoms in total. The second-order valence-corrected chi connectivity index (χ2v) is 14.3. The van der Waals surface area contributed by atoms with Crippen LogP contribution in [0, 0.1) is 21.7 Å². The summed E-state index contributed by atoms with van der Waals surface area (Å²) in [5, 5.41) is 41.1. The first-order valence-corrected chi connectivity index (χ1v) is 14.5. The molecule has 6 heteroatoms. The summed E-state index contributed by atoms with van der Waals surface area (Å²) in [6, 6.07) is 0. The summed E-state index contributed by atoms with van der Waals surface area (Å²) in [6.45, 7) is 15.5. The van der Waals surface area contributed by atoms with Gasteiger partial charge >= 0.3 is 11.9 Å². The molecule has 2 atom stereocenters. The van der Waals surface area contributed by atoms with E-state index < -0.39 is 35.0 Å². The Kier molecular flexibility index (Phi) is 10.6. The molecule has 220 valence electrons. The van der Waals surface area contributed by atoms with Crippen molar-refractivity contribution in [3.05, 3.63) is 46.6 Å². The molecule has 0 aliphatic heterocycles. The highest BCUT2D eigenvalue weighted by atomic mass is 16.4. The summed E-state index contributed by atoms with van der Waals surface area (Å²) in [6.07, 6.45) is 13.3. The summed E-state index contributed by atoms with van der Waals surface area (Å²) in [5.41, 5.74) is 1.98. The van der Waals surface area contributed by atoms with Gasteiger partial charge in [-0.25, -0.2) is 0 Å². The predicted molar refractivity (Wildman–Crippen MR) is 156 cm³/mol. The van der Waals surface area contributed by atoms with Crippen LogP contribution in [0.1, 0.15) is 113 Å². The fraction of sp³-hybridized carbons (Fsp3) is 0.697. The molecule has 2 aliphatic rings. The van der Waals surface area contributed by atoms with Gasteiger partial charge in [-0.1, -0.05) is 52.0 Å². The van der Waals surface area contributed by atoms with Crippen LogP contribution in [0.4, 0.5) is 0 Å². The minimum Gasteiger partial charge on any atom is -0.481 e. The van der Waals surface area contributed by atoms with Crippen LogP contribution in [0.5, 0.6) is 0 Å². The van der Waals surface area contributed by atoms with Gasteiger partial charge < -0.3 is 20.4 Å². The van der Waals surface area contributed by atoms with Crippen LogP contribution < -0.4 is 0 Å². The minimum atomic E-state index is -0.800. The van der Waals surface area contributed by atoms with Gasteiger partial charge in [-0.15, -0.1) is 0 Å². The smallest absolute Gasteiger partial charge is 0.309 e. The molecule has 0 aromatic rings. The van der Waals surface area contributed by atoms with E-state index in [1.165, 1.54) is 0 Å². The second-order valence-electron chi connectivity index (χ2n) is 14.3. The number of carboxylic acids is 2. The first-order valence-electron chi connectivity index (χ1n) is 14.5. The van der Waals surface area contributed by atoms with Crippen molar-refractivity contribution in [3.63, 3.8) is 0 Å². The molecule has 4 N–H and O–H groups in total. The van der Waals surface area contributed by atoms with Crippen LogP contribution in [0.15, 0.2) is 46.6 Å². The Morgan fingerprint density at radius 3 is 1.13 bits per heavy atom. The van der Waals surface area contributed by atoms with Gasteiger partial charge in [0.2, 0.25) is 0 Å². The number of rotatable bonds is 14. The third-order valence-corrected chi connectivity index (χ3v) is 8.26. The standard InChI is InChI=1S/C33H52O6/c1-30(2)18-22(26(34)24(20-30)14-10-16-32(5,6)28(36)37)12-9-13-23-19-31(3,4)21-25(27(23)35)15-11-17-33(7,8)29(38)39/h18-21,26-27,34-35H,9-17H2,1-8H3,(H,36,37)(H,38,39). The summed E-state index contributed by atoms with van der Waals surface area (Å²) in [4.78, 5) is 22.9. The molecule has 0 aromatic heterocycles. The van der Waals surface area contributed by atoms with E-state index in [1.807, 2.05) is 0 Å². The van der Waals surface area contributed by atoms with Gasteiger partial charge in [0.25, 0.3) is 0 Å². The molecular formula is C33H52O6. The van der Waals surface area contributed by atoms with Gasteiger partial charge in [-0.3, -0.25) is 9.59 Å². The monoisotopic (exact) mass is 544 g/mol. The van der Waals surface area contributed by atoms with Crippen molar-refractivity contribution >= 4 is 11.9 Å². The Morgan fingerprint density at radius 1 is 0.615 bits per heavy atom. The zero-order valence-electron chi connectivity index (χ0n) is 25.4. The molecule has 2 aliphatic carbocycles. The van der Waals surface area contributed by atoms with Gasteiger partial charge in [0.15, 0.2) is 0 Å². The molecule has 0 spiro atoms. The third kappa shape index (κ3) is 9.46. The molecular weight excluding hydrogens is 492 g/mol. The number of hydrogen-bond donors (Lipinski definition) is 4. The quantitative estimate of drug-likeness (QED) is 0.172. The Hall–Kier alpha value is -2.18. The summed E-state index contributed by atoms with van der Waals surface area (Å²) in [5.74, 6) is -1.60. The van der Waals surface area contributed by atoms with Gasteiger partial charge in [-0.2, -0.15) is 0 Å². The van der Waals surface area contributed by atoms with E-state index in [1.54, 1.807) is 27.7 Å². The Bertz CT molecular complexity index is 952. The number of aliphatic carboxylic acids is 2. The topological polar surface area (TPSA) is 115 Å². The third-order valence-electron chi connectivity index (χ3n) is 8.26. The Morgan fingerprint density at radius 2 is 0.872 bits per heavy atom. The van der Waals surface area contributed by atoms with Crippen molar-refractivity contribution in [1.82, 2.24) is 0 Å². The Labute approximate surface area is 235 Å². The predicted octanol–water partition coefficient (Wildman–Crippen LogP) is 7.23. The van der Waals surface area contributed by atoms with E-state index in [4.69, 9.17) is 0 Å². The van der Waals surface area contributed by atoms with Crippen LogP contribution in [0.3, 0.4) is 0 Å². The highest BCUT2D eigenvalue weighted by molar-refractivity contribution is 5.73. The highest BCUT2D eigenvalue weighted by Crippen LogP contribution is 2.39. The molecule has 0 fully saturated rings. The van der Waals surface area contributed by atoms with E-state index in [0.29, 0.717) is 38.5 Å².